The molecule has 1 aliphatic rings. The van der Waals surface area contributed by atoms with Crippen LogP contribution in [0.1, 0.15) is 6.42 Å². The van der Waals surface area contributed by atoms with E-state index in [2.05, 4.69) is 14.7 Å². The summed E-state index contributed by atoms with van der Waals surface area (Å²) in [7, 11) is -4.30. The average Bonchev–Trinajstić information content (AvgIpc) is 3.25. The first-order valence-corrected chi connectivity index (χ1v) is 13.2. The van der Waals surface area contributed by atoms with Crippen molar-refractivity contribution in [1.29, 1.82) is 0 Å². The van der Waals surface area contributed by atoms with Gasteiger partial charge in [0.2, 0.25) is 16.0 Å². The molecule has 3 aromatic rings. The van der Waals surface area contributed by atoms with Gasteiger partial charge < -0.3 is 15.4 Å². The van der Waals surface area contributed by atoms with Crippen molar-refractivity contribution in [3.63, 3.8) is 0 Å². The van der Waals surface area contributed by atoms with Crippen molar-refractivity contribution in [2.75, 3.05) is 47.4 Å². The molecule has 1 fully saturated rings. The van der Waals surface area contributed by atoms with Gasteiger partial charge in [0.15, 0.2) is 5.13 Å². The Kier molecular flexibility index (Phi) is 7.35. The summed E-state index contributed by atoms with van der Waals surface area (Å²) in [6.07, 6.45) is -4.58. The van der Waals surface area contributed by atoms with Crippen molar-refractivity contribution in [3.8, 4) is 21.8 Å². The van der Waals surface area contributed by atoms with Crippen LogP contribution in [-0.2, 0) is 14.8 Å². The predicted molar refractivity (Wildman–Crippen MR) is 129 cm³/mol. The van der Waals surface area contributed by atoms with Crippen molar-refractivity contribution in [3.05, 3.63) is 35.5 Å². The molecular formula is C20H20ClF3N6O3S2. The molecule has 0 spiro atoms. The minimum absolute atomic E-state index is 0.00908. The monoisotopic (exact) mass is 548 g/mol. The Bertz CT molecular complexity index is 1310. The number of nitrogens with one attached hydrogen (secondary N) is 1. The van der Waals surface area contributed by atoms with Gasteiger partial charge in [0.05, 0.1) is 52.4 Å². The Morgan fingerprint density at radius 3 is 2.63 bits per heavy atom. The van der Waals surface area contributed by atoms with Crippen molar-refractivity contribution >= 4 is 49.7 Å². The van der Waals surface area contributed by atoms with Crippen LogP contribution in [0.25, 0.3) is 21.8 Å². The number of halogens is 4. The van der Waals surface area contributed by atoms with Crippen LogP contribution in [0.2, 0.25) is 5.02 Å². The van der Waals surface area contributed by atoms with E-state index < -0.39 is 28.4 Å². The minimum Gasteiger partial charge on any atom is -0.378 e. The normalized spacial score (nSPS) is 14.8. The zero-order valence-corrected chi connectivity index (χ0v) is 20.4. The highest BCUT2D eigenvalue weighted by Crippen LogP contribution is 2.44. The fourth-order valence-corrected chi connectivity index (χ4v) is 5.85. The quantitative estimate of drug-likeness (QED) is 0.453. The zero-order chi connectivity index (χ0) is 25.2. The average molecular weight is 549 g/mol. The van der Waals surface area contributed by atoms with E-state index in [0.29, 0.717) is 53.3 Å². The molecule has 15 heteroatoms. The number of hydrogen-bond donors (Lipinski definition) is 2. The van der Waals surface area contributed by atoms with Gasteiger partial charge in [-0.2, -0.15) is 13.2 Å². The fraction of sp³-hybridized carbons (Fsp3) is 0.350. The van der Waals surface area contributed by atoms with Crippen LogP contribution in [0.4, 0.5) is 29.9 Å². The number of rotatable bonds is 7. The summed E-state index contributed by atoms with van der Waals surface area (Å²) in [6, 6.07) is 6.21. The van der Waals surface area contributed by atoms with E-state index in [4.69, 9.17) is 27.1 Å². The van der Waals surface area contributed by atoms with Gasteiger partial charge >= 0.3 is 6.18 Å². The number of hydrogen-bond acceptors (Lipinski definition) is 9. The number of benzene rings is 1. The van der Waals surface area contributed by atoms with Gasteiger partial charge in [-0.05, 0) is 12.1 Å². The number of nitrogens with two attached hydrogens (primary N) is 1. The van der Waals surface area contributed by atoms with E-state index in [0.717, 1.165) is 0 Å². The number of sulfonamides is 1. The molecule has 0 saturated carbocycles. The number of anilines is 3. The van der Waals surface area contributed by atoms with E-state index in [1.807, 2.05) is 4.90 Å². The van der Waals surface area contributed by atoms with Crippen molar-refractivity contribution in [2.45, 2.75) is 12.6 Å². The SMILES string of the molecule is Nc1nccc(-c2sc(N3CCOCC3)nc2-c2cccc(NS(=O)(=O)CCC(F)(F)F)c2Cl)n1. The largest absolute Gasteiger partial charge is 0.390 e. The van der Waals surface area contributed by atoms with Gasteiger partial charge in [0, 0.05) is 24.8 Å². The molecule has 0 unspecified atom stereocenters. The van der Waals surface area contributed by atoms with Crippen LogP contribution >= 0.6 is 22.9 Å². The highest BCUT2D eigenvalue weighted by atomic mass is 35.5. The summed E-state index contributed by atoms with van der Waals surface area (Å²) in [5, 5.41) is 0.674. The fourth-order valence-electron chi connectivity index (χ4n) is 3.32. The molecule has 0 radical (unpaired) electrons. The highest BCUT2D eigenvalue weighted by molar-refractivity contribution is 7.92. The summed E-state index contributed by atoms with van der Waals surface area (Å²) in [4.78, 5) is 15.6. The molecule has 35 heavy (non-hydrogen) atoms. The topological polar surface area (TPSA) is 123 Å². The van der Waals surface area contributed by atoms with Crippen molar-refractivity contribution < 1.29 is 26.3 Å². The van der Waals surface area contributed by atoms with Crippen LogP contribution in [0.3, 0.4) is 0 Å². The molecule has 1 saturated heterocycles. The molecule has 4 rings (SSSR count). The third kappa shape index (κ3) is 6.31. The molecule has 3 N–H and O–H groups in total. The lowest BCUT2D eigenvalue weighted by atomic mass is 10.1. The van der Waals surface area contributed by atoms with Gasteiger partial charge in [-0.15, -0.1) is 0 Å². The Balaban J connectivity index is 1.74. The molecule has 0 bridgehead atoms. The first kappa shape index (κ1) is 25.4. The maximum absolute atomic E-state index is 12.5. The van der Waals surface area contributed by atoms with Gasteiger partial charge in [0.25, 0.3) is 0 Å². The molecule has 0 amide bonds. The van der Waals surface area contributed by atoms with E-state index in [1.54, 1.807) is 12.1 Å². The maximum Gasteiger partial charge on any atom is 0.390 e. The molecule has 1 aromatic carbocycles. The number of aromatic nitrogens is 3. The number of nitrogens with zero attached hydrogens (tertiary/aromatic N) is 4. The Hall–Kier alpha value is -2.68. The number of ether oxygens (including phenoxy) is 1. The molecule has 0 aliphatic carbocycles. The summed E-state index contributed by atoms with van der Waals surface area (Å²) in [5.74, 6) is -1.06. The molecule has 3 heterocycles. The predicted octanol–water partition coefficient (Wildman–Crippen LogP) is 4.03. The van der Waals surface area contributed by atoms with E-state index in [-0.39, 0.29) is 16.7 Å². The van der Waals surface area contributed by atoms with Crippen molar-refractivity contribution in [1.82, 2.24) is 15.0 Å². The third-order valence-electron chi connectivity index (χ3n) is 4.98. The molecule has 2 aromatic heterocycles. The van der Waals surface area contributed by atoms with Crippen LogP contribution in [0, 0.1) is 0 Å². The van der Waals surface area contributed by atoms with E-state index in [1.165, 1.54) is 29.7 Å². The lowest BCUT2D eigenvalue weighted by molar-refractivity contribution is -0.129. The van der Waals surface area contributed by atoms with Crippen LogP contribution in [0.15, 0.2) is 30.5 Å². The first-order valence-electron chi connectivity index (χ1n) is 10.3. The maximum atomic E-state index is 12.5. The second kappa shape index (κ2) is 10.1. The Labute approximate surface area is 208 Å². The van der Waals surface area contributed by atoms with Gasteiger partial charge in [-0.25, -0.2) is 23.4 Å². The van der Waals surface area contributed by atoms with Crippen LogP contribution < -0.4 is 15.4 Å². The van der Waals surface area contributed by atoms with Crippen LogP contribution in [0.5, 0.6) is 0 Å². The molecule has 188 valence electrons. The summed E-state index contributed by atoms with van der Waals surface area (Å²) < 4.78 is 69.6. The van der Waals surface area contributed by atoms with E-state index >= 15 is 0 Å². The summed E-state index contributed by atoms with van der Waals surface area (Å²) in [5.41, 5.74) is 7.02. The van der Waals surface area contributed by atoms with Gasteiger partial charge in [-0.3, -0.25) is 4.72 Å². The minimum atomic E-state index is -4.61. The second-order valence-electron chi connectivity index (χ2n) is 7.53. The number of thiazole rings is 1. The Morgan fingerprint density at radius 1 is 1.20 bits per heavy atom. The third-order valence-corrected chi connectivity index (χ3v) is 7.80. The number of alkyl halides is 3. The molecular weight excluding hydrogens is 529 g/mol. The number of nitrogen functional groups attached to an aromatic ring is 1. The smallest absolute Gasteiger partial charge is 0.378 e. The molecule has 0 atom stereocenters. The van der Waals surface area contributed by atoms with E-state index in [9.17, 15) is 21.6 Å². The first-order chi connectivity index (χ1) is 16.5. The Morgan fingerprint density at radius 2 is 1.94 bits per heavy atom. The molecule has 9 nitrogen and oxygen atoms in total. The summed E-state index contributed by atoms with van der Waals surface area (Å²) in [6.45, 7) is 2.34. The highest BCUT2D eigenvalue weighted by Gasteiger charge is 2.30. The lowest BCUT2D eigenvalue weighted by Gasteiger charge is -2.26. The molecule has 1 aliphatic heterocycles. The van der Waals surface area contributed by atoms with Gasteiger partial charge in [-0.1, -0.05) is 35.1 Å². The van der Waals surface area contributed by atoms with Crippen molar-refractivity contribution in [2.24, 2.45) is 0 Å². The lowest BCUT2D eigenvalue weighted by Crippen LogP contribution is -2.36. The van der Waals surface area contributed by atoms with Crippen LogP contribution in [-0.4, -0.2) is 61.6 Å². The standard InChI is InChI=1S/C20H20ClF3N6O3S2/c21-15-12(2-1-3-13(15)29-35(31,32)11-5-20(22,23)24)16-17(14-4-6-26-18(25)27-14)34-19(28-16)30-7-9-33-10-8-30/h1-4,6,29H,5,7-11H2,(H2,25,26,27). The zero-order valence-electron chi connectivity index (χ0n) is 18.0. The van der Waals surface area contributed by atoms with Gasteiger partial charge in [0.1, 0.15) is 0 Å². The summed E-state index contributed by atoms with van der Waals surface area (Å²) >= 11 is 7.90. The second-order valence-corrected chi connectivity index (χ2v) is 10.7. The number of morpholine rings is 1.